The topological polar surface area (TPSA) is 78.9 Å². The van der Waals surface area contributed by atoms with E-state index in [2.05, 4.69) is 10.3 Å². The number of halogens is 5. The van der Waals surface area contributed by atoms with Crippen molar-refractivity contribution >= 4 is 17.5 Å². The number of amides is 1. The number of hydrogen-bond donors (Lipinski definition) is 1. The van der Waals surface area contributed by atoms with Crippen molar-refractivity contribution in [3.63, 3.8) is 0 Å². The van der Waals surface area contributed by atoms with Crippen LogP contribution >= 0.6 is 11.6 Å². The van der Waals surface area contributed by atoms with Gasteiger partial charge in [0.1, 0.15) is 29.3 Å². The molecule has 0 saturated carbocycles. The number of nitrogens with one attached hydrogen (secondary N) is 1. The van der Waals surface area contributed by atoms with Gasteiger partial charge in [-0.05, 0) is 48.5 Å². The van der Waals surface area contributed by atoms with Crippen LogP contribution in [0.5, 0.6) is 17.2 Å². The molecule has 2 aromatic carbocycles. The highest BCUT2D eigenvalue weighted by atomic mass is 35.5. The van der Waals surface area contributed by atoms with Gasteiger partial charge >= 0.3 is 6.18 Å². The maximum Gasteiger partial charge on any atom is 0.398 e. The number of carbonyl (C=O) groups is 1. The van der Waals surface area contributed by atoms with E-state index in [-0.39, 0.29) is 45.1 Å². The number of aromatic nitrogens is 1. The van der Waals surface area contributed by atoms with Crippen molar-refractivity contribution in [3.8, 4) is 28.5 Å². The predicted octanol–water partition coefficient (Wildman–Crippen LogP) is 5.80. The smallest absolute Gasteiger partial charge is 0.398 e. The zero-order chi connectivity index (χ0) is 28.2. The van der Waals surface area contributed by atoms with Gasteiger partial charge in [0.15, 0.2) is 11.5 Å². The molecular formula is C27H25ClF4N2O5. The van der Waals surface area contributed by atoms with Gasteiger partial charge in [-0.25, -0.2) is 9.37 Å². The lowest BCUT2D eigenvalue weighted by molar-refractivity contribution is -0.149. The molecule has 1 aliphatic heterocycles. The molecule has 1 amide bonds. The van der Waals surface area contributed by atoms with E-state index < -0.39 is 30.4 Å². The molecule has 1 fully saturated rings. The van der Waals surface area contributed by atoms with Crippen LogP contribution in [-0.4, -0.2) is 57.1 Å². The summed E-state index contributed by atoms with van der Waals surface area (Å²) < 4.78 is 77.7. The van der Waals surface area contributed by atoms with E-state index in [4.69, 9.17) is 30.5 Å². The molecule has 3 aromatic rings. The maximum atomic E-state index is 14.1. The molecule has 1 saturated heterocycles. The maximum absolute atomic E-state index is 14.1. The average molecular weight is 569 g/mol. The normalized spacial score (nSPS) is 16.0. The summed E-state index contributed by atoms with van der Waals surface area (Å²) in [5.41, 5.74) is 0.0420. The first-order valence-electron chi connectivity index (χ1n) is 11.9. The Morgan fingerprint density at radius 1 is 1.10 bits per heavy atom. The molecule has 2 atom stereocenters. The lowest BCUT2D eigenvalue weighted by atomic mass is 10.0. The Morgan fingerprint density at radius 2 is 1.85 bits per heavy atom. The van der Waals surface area contributed by atoms with Crippen molar-refractivity contribution < 1.29 is 41.3 Å². The van der Waals surface area contributed by atoms with Crippen LogP contribution in [0.15, 0.2) is 48.5 Å². The molecule has 1 aromatic heterocycles. The quantitative estimate of drug-likeness (QED) is 0.329. The van der Waals surface area contributed by atoms with Crippen LogP contribution in [0.1, 0.15) is 28.4 Å². The van der Waals surface area contributed by atoms with Crippen LogP contribution in [-0.2, 0) is 4.74 Å². The summed E-state index contributed by atoms with van der Waals surface area (Å²) in [5.74, 6) is -2.73. The molecule has 7 nitrogen and oxygen atoms in total. The third-order valence-corrected chi connectivity index (χ3v) is 6.41. The number of ether oxygens (including phenoxy) is 4. The fourth-order valence-electron chi connectivity index (χ4n) is 4.05. The predicted molar refractivity (Wildman–Crippen MR) is 135 cm³/mol. The molecule has 0 spiro atoms. The number of methoxy groups -OCH3 is 2. The largest absolute Gasteiger partial charge is 0.494 e. The molecule has 1 aliphatic rings. The summed E-state index contributed by atoms with van der Waals surface area (Å²) in [4.78, 5) is 17.0. The zero-order valence-electron chi connectivity index (χ0n) is 21.0. The lowest BCUT2D eigenvalue weighted by Crippen LogP contribution is -2.35. The van der Waals surface area contributed by atoms with Crippen molar-refractivity contribution in [2.24, 2.45) is 0 Å². The zero-order valence-corrected chi connectivity index (χ0v) is 21.7. The molecule has 208 valence electrons. The lowest BCUT2D eigenvalue weighted by Gasteiger charge is -2.22. The van der Waals surface area contributed by atoms with Crippen molar-refractivity contribution in [1.82, 2.24) is 10.3 Å². The van der Waals surface area contributed by atoms with Crippen LogP contribution < -0.4 is 19.5 Å². The third kappa shape index (κ3) is 6.72. The molecule has 0 bridgehead atoms. The number of alkyl halides is 3. The van der Waals surface area contributed by atoms with Crippen molar-refractivity contribution in [1.29, 1.82) is 0 Å². The van der Waals surface area contributed by atoms with Crippen LogP contribution in [0.4, 0.5) is 17.6 Å². The Hall–Kier alpha value is -3.57. The fourth-order valence-corrected chi connectivity index (χ4v) is 4.23. The number of benzene rings is 2. The summed E-state index contributed by atoms with van der Waals surface area (Å²) >= 11 is 5.86. The molecule has 2 heterocycles. The first kappa shape index (κ1) is 28.4. The minimum absolute atomic E-state index is 0.0467. The molecule has 39 heavy (non-hydrogen) atoms. The Kier molecular flexibility index (Phi) is 8.81. The molecule has 4 rings (SSSR count). The first-order chi connectivity index (χ1) is 18.6. The van der Waals surface area contributed by atoms with Crippen molar-refractivity contribution in [2.75, 3.05) is 34.0 Å². The standard InChI is InChI=1S/C27H25ClF4N2O5/c1-36-23-8-6-21(34-25(23)15-3-5-20(29)19(28)11-15)18(27(30,31)32)13-33-26(35)16-4-7-22(24(12-16)37-2)39-17-9-10-38-14-17/h3-8,11-12,17-18H,9-10,13-14H2,1-2H3,(H,33,35). The van der Waals surface area contributed by atoms with E-state index in [1.165, 1.54) is 56.7 Å². The fraction of sp³-hybridized carbons (Fsp3) is 0.333. The van der Waals surface area contributed by atoms with E-state index in [9.17, 15) is 22.4 Å². The van der Waals surface area contributed by atoms with E-state index >= 15 is 0 Å². The van der Waals surface area contributed by atoms with Gasteiger partial charge in [-0.2, -0.15) is 13.2 Å². The highest BCUT2D eigenvalue weighted by molar-refractivity contribution is 6.31. The highest BCUT2D eigenvalue weighted by Crippen LogP contribution is 2.38. The summed E-state index contributed by atoms with van der Waals surface area (Å²) in [6, 6.07) is 10.5. The summed E-state index contributed by atoms with van der Waals surface area (Å²) in [7, 11) is 2.73. The summed E-state index contributed by atoms with van der Waals surface area (Å²) in [6.07, 6.45) is -4.19. The molecule has 2 unspecified atom stereocenters. The van der Waals surface area contributed by atoms with E-state index in [0.717, 1.165) is 6.07 Å². The highest BCUT2D eigenvalue weighted by Gasteiger charge is 2.42. The second-order valence-corrected chi connectivity index (χ2v) is 9.10. The second-order valence-electron chi connectivity index (χ2n) is 8.69. The number of pyridine rings is 1. The van der Waals surface area contributed by atoms with E-state index in [1.807, 2.05) is 0 Å². The van der Waals surface area contributed by atoms with Gasteiger partial charge in [-0.3, -0.25) is 4.79 Å². The SMILES string of the molecule is COc1cc(C(=O)NCC(c2ccc(OC)c(-c3ccc(F)c(Cl)c3)n2)C(F)(F)F)ccc1OC1CCOC1. The molecular weight excluding hydrogens is 544 g/mol. The van der Waals surface area contributed by atoms with Crippen molar-refractivity contribution in [3.05, 3.63) is 70.6 Å². The van der Waals surface area contributed by atoms with Crippen LogP contribution in [0.2, 0.25) is 5.02 Å². The molecule has 0 aliphatic carbocycles. The van der Waals surface area contributed by atoms with Gasteiger partial charge in [-0.15, -0.1) is 0 Å². The first-order valence-corrected chi connectivity index (χ1v) is 12.3. The van der Waals surface area contributed by atoms with Gasteiger partial charge in [0.2, 0.25) is 0 Å². The minimum Gasteiger partial charge on any atom is -0.494 e. The summed E-state index contributed by atoms with van der Waals surface area (Å²) in [5, 5.41) is 2.12. The van der Waals surface area contributed by atoms with Gasteiger partial charge < -0.3 is 24.3 Å². The number of carbonyl (C=O) groups excluding carboxylic acids is 1. The summed E-state index contributed by atoms with van der Waals surface area (Å²) in [6.45, 7) is 0.223. The number of rotatable bonds is 9. The average Bonchev–Trinajstić information content (AvgIpc) is 3.42. The van der Waals surface area contributed by atoms with E-state index in [1.54, 1.807) is 0 Å². The molecule has 12 heteroatoms. The molecule has 0 radical (unpaired) electrons. The van der Waals surface area contributed by atoms with Crippen LogP contribution in [0.25, 0.3) is 11.3 Å². The van der Waals surface area contributed by atoms with Gasteiger partial charge in [-0.1, -0.05) is 11.6 Å². The minimum atomic E-state index is -4.74. The van der Waals surface area contributed by atoms with Gasteiger partial charge in [0, 0.05) is 24.1 Å². The number of nitrogens with zero attached hydrogens (tertiary/aromatic N) is 1. The third-order valence-electron chi connectivity index (χ3n) is 6.12. The Bertz CT molecular complexity index is 1330. The van der Waals surface area contributed by atoms with Crippen LogP contribution in [0, 0.1) is 5.82 Å². The van der Waals surface area contributed by atoms with Crippen molar-refractivity contribution in [2.45, 2.75) is 24.6 Å². The number of hydrogen-bond acceptors (Lipinski definition) is 6. The van der Waals surface area contributed by atoms with E-state index in [0.29, 0.717) is 25.4 Å². The van der Waals surface area contributed by atoms with Gasteiger partial charge in [0.25, 0.3) is 5.91 Å². The Labute approximate surface area is 227 Å². The Morgan fingerprint density at radius 3 is 2.49 bits per heavy atom. The molecule has 1 N–H and O–H groups in total. The van der Waals surface area contributed by atoms with Gasteiger partial charge in [0.05, 0.1) is 38.1 Å². The van der Waals surface area contributed by atoms with Crippen LogP contribution in [0.3, 0.4) is 0 Å². The Balaban J connectivity index is 1.55. The monoisotopic (exact) mass is 568 g/mol. The second kappa shape index (κ2) is 12.1.